The Hall–Kier alpha value is -3.55. The summed E-state index contributed by atoms with van der Waals surface area (Å²) in [4.78, 5) is 31.7. The minimum Gasteiger partial charge on any atom is -0.292 e. The molecule has 0 saturated carbocycles. The number of allylic oxidation sites excluding steroid dienone is 3. The Kier molecular flexibility index (Phi) is 19.3. The second-order valence-electron chi connectivity index (χ2n) is 20.0. The smallest absolute Gasteiger partial charge is 0.107 e. The van der Waals surface area contributed by atoms with E-state index in [1.807, 2.05) is 75.1 Å². The first-order chi connectivity index (χ1) is 35.8. The Morgan fingerprint density at radius 3 is 1.56 bits per heavy atom. The molecule has 2 aliphatic heterocycles. The number of fused-ring (bicyclic) bond motifs is 3. The van der Waals surface area contributed by atoms with Gasteiger partial charge in [0.15, 0.2) is 0 Å². The van der Waals surface area contributed by atoms with Crippen molar-refractivity contribution in [2.45, 2.75) is 168 Å². The Labute approximate surface area is 465 Å². The summed E-state index contributed by atoms with van der Waals surface area (Å²) in [5.74, 6) is 0. The Morgan fingerprint density at radius 1 is 0.534 bits per heavy atom. The van der Waals surface area contributed by atoms with Crippen molar-refractivity contribution >= 4 is 114 Å². The summed E-state index contributed by atoms with van der Waals surface area (Å²) in [5.41, 5.74) is 10.3. The summed E-state index contributed by atoms with van der Waals surface area (Å²) in [6, 6.07) is 23.5. The first-order valence-corrected chi connectivity index (χ1v) is 33.4. The van der Waals surface area contributed by atoms with Gasteiger partial charge in [0.1, 0.15) is 11.4 Å². The molecule has 0 unspecified atom stereocenters. The van der Waals surface area contributed by atoms with Crippen LogP contribution >= 0.6 is 80.0 Å². The van der Waals surface area contributed by atoms with Crippen LogP contribution in [0.15, 0.2) is 105 Å². The van der Waals surface area contributed by atoms with Crippen LogP contribution in [0.2, 0.25) is 0 Å². The van der Waals surface area contributed by atoms with E-state index >= 15 is 0 Å². The molecular formula is C62H74N4S7. The van der Waals surface area contributed by atoms with Crippen LogP contribution in [0, 0.1) is 0 Å². The molecule has 6 aromatic rings. The molecular weight excluding hydrogens is 1030 g/mol. The molecule has 0 amide bonds. The Morgan fingerprint density at radius 2 is 1.01 bits per heavy atom. The number of rotatable bonds is 27. The van der Waals surface area contributed by atoms with Gasteiger partial charge in [0.05, 0.1) is 16.3 Å². The van der Waals surface area contributed by atoms with Crippen molar-refractivity contribution in [1.82, 2.24) is 0 Å². The van der Waals surface area contributed by atoms with Gasteiger partial charge in [-0.05, 0) is 122 Å². The molecule has 1 aliphatic carbocycles. The second-order valence-corrected chi connectivity index (χ2v) is 27.1. The fourth-order valence-electron chi connectivity index (χ4n) is 10.8. The van der Waals surface area contributed by atoms with Crippen molar-refractivity contribution in [2.24, 2.45) is 19.4 Å². The average molecular weight is 1100 g/mol. The molecule has 384 valence electrons. The van der Waals surface area contributed by atoms with Gasteiger partial charge in [0, 0.05) is 108 Å². The van der Waals surface area contributed by atoms with Crippen LogP contribution in [0.4, 0.5) is 0 Å². The number of nitrogens with zero attached hydrogens (tertiary/aromatic N) is 4. The fraction of sp³-hybridized carbons (Fsp3) is 0.452. The van der Waals surface area contributed by atoms with Gasteiger partial charge >= 0.3 is 0 Å². The molecule has 0 saturated heterocycles. The lowest BCUT2D eigenvalue weighted by Gasteiger charge is -2.31. The molecule has 0 bridgehead atoms. The van der Waals surface area contributed by atoms with Crippen molar-refractivity contribution in [3.63, 3.8) is 0 Å². The standard InChI is InChI=1S/C62H74N4S7/c1-8-12-16-20-24-42-26-28-52(68-42)54-32-30-50(70-54)44-39-65-59(58(41(44)5)66-67-7)57-37-47-61(73-57)60-46(62(47,34-22-18-14-10-3)35-23-19-15-11-4)36-56(72-60)49-38-48(63-6)45(40-64-49)51-31-33-55(71-51)53-29-27-43(69-53)25-21-17-13-9-2/h26-33,36-37,39-40H,5,8-25,34-35,38H2,1-4,6-7H3. The first-order valence-electron chi connectivity index (χ1n) is 27.3. The van der Waals surface area contributed by atoms with E-state index in [-0.39, 0.29) is 5.41 Å². The van der Waals surface area contributed by atoms with E-state index in [0.717, 1.165) is 58.8 Å². The van der Waals surface area contributed by atoms with Crippen LogP contribution in [-0.4, -0.2) is 36.2 Å². The van der Waals surface area contributed by atoms with Crippen molar-refractivity contribution in [3.8, 4) is 29.3 Å². The monoisotopic (exact) mass is 1100 g/mol. The van der Waals surface area contributed by atoms with Gasteiger partial charge in [-0.3, -0.25) is 15.0 Å². The van der Waals surface area contributed by atoms with E-state index < -0.39 is 0 Å². The van der Waals surface area contributed by atoms with E-state index in [1.165, 1.54) is 197 Å². The SMILES string of the molecule is C=C1C(c2ccc(-c3ccc(CCCCCC)s3)s2)=CN=C(c2cc3c(s2)-c2sc(C4=NC=C(c5ccc(-c6ccc(CCCCCC)s6)s5)C(=NC)C4)cc2C3(CCCCCC)CCCCCC)C1=NSC. The molecule has 0 radical (unpaired) electrons. The highest BCUT2D eigenvalue weighted by Crippen LogP contribution is 2.60. The van der Waals surface area contributed by atoms with E-state index in [0.29, 0.717) is 0 Å². The van der Waals surface area contributed by atoms with Gasteiger partial charge in [0.25, 0.3) is 0 Å². The number of aliphatic imine (C=N–C) groups is 3. The van der Waals surface area contributed by atoms with Crippen molar-refractivity contribution in [2.75, 3.05) is 13.3 Å². The van der Waals surface area contributed by atoms with Gasteiger partial charge < -0.3 is 0 Å². The molecule has 73 heavy (non-hydrogen) atoms. The molecule has 8 heterocycles. The van der Waals surface area contributed by atoms with Gasteiger partial charge in [0.2, 0.25) is 0 Å². The number of hydrogen-bond donors (Lipinski definition) is 0. The summed E-state index contributed by atoms with van der Waals surface area (Å²) in [6.45, 7) is 14.0. The predicted molar refractivity (Wildman–Crippen MR) is 334 cm³/mol. The zero-order valence-electron chi connectivity index (χ0n) is 44.1. The quantitative estimate of drug-likeness (QED) is 0.0375. The average Bonchev–Trinajstić information content (AvgIpc) is 4.28. The molecule has 0 fully saturated rings. The Balaban J connectivity index is 1.04. The molecule has 3 aliphatic rings. The topological polar surface area (TPSA) is 49.4 Å². The van der Waals surface area contributed by atoms with E-state index in [4.69, 9.17) is 26.0 Å². The maximum Gasteiger partial charge on any atom is 0.107 e. The molecule has 9 rings (SSSR count). The highest BCUT2D eigenvalue weighted by molar-refractivity contribution is 7.97. The molecule has 0 spiro atoms. The van der Waals surface area contributed by atoms with E-state index in [9.17, 15) is 0 Å². The van der Waals surface area contributed by atoms with Crippen LogP contribution in [0.5, 0.6) is 0 Å². The third kappa shape index (κ3) is 12.2. The molecule has 0 aromatic carbocycles. The van der Waals surface area contributed by atoms with Gasteiger partial charge in [-0.1, -0.05) is 124 Å². The molecule has 0 N–H and O–H groups in total. The minimum atomic E-state index is -0.0489. The van der Waals surface area contributed by atoms with Crippen LogP contribution < -0.4 is 0 Å². The predicted octanol–water partition coefficient (Wildman–Crippen LogP) is 21.3. The number of unbranched alkanes of at least 4 members (excludes halogenated alkanes) is 12. The largest absolute Gasteiger partial charge is 0.292 e. The number of aryl methyl sites for hydroxylation is 2. The number of thiophene rings is 6. The molecule has 11 heteroatoms. The zero-order chi connectivity index (χ0) is 50.7. The third-order valence-corrected chi connectivity index (χ3v) is 22.6. The lowest BCUT2D eigenvalue weighted by molar-refractivity contribution is 0.402. The molecule has 0 atom stereocenters. The number of hydrogen-bond acceptors (Lipinski definition) is 11. The second kappa shape index (κ2) is 26.0. The third-order valence-electron chi connectivity index (χ3n) is 14.8. The first kappa shape index (κ1) is 54.2. The summed E-state index contributed by atoms with van der Waals surface area (Å²) in [6.07, 6.45) is 32.1. The van der Waals surface area contributed by atoms with Crippen molar-refractivity contribution < 1.29 is 0 Å². The lowest BCUT2D eigenvalue weighted by Crippen LogP contribution is -2.25. The summed E-state index contributed by atoms with van der Waals surface area (Å²) >= 11 is 13.0. The highest BCUT2D eigenvalue weighted by atomic mass is 32.2. The van der Waals surface area contributed by atoms with E-state index in [2.05, 4.69) is 107 Å². The zero-order valence-corrected chi connectivity index (χ0v) is 49.8. The van der Waals surface area contributed by atoms with Gasteiger partial charge in [-0.2, -0.15) is 0 Å². The van der Waals surface area contributed by atoms with Gasteiger partial charge in [-0.25, -0.2) is 4.40 Å². The van der Waals surface area contributed by atoms with Crippen molar-refractivity contribution in [3.05, 3.63) is 126 Å². The summed E-state index contributed by atoms with van der Waals surface area (Å²) < 4.78 is 5.10. The molecule has 4 nitrogen and oxygen atoms in total. The fourth-order valence-corrected chi connectivity index (χ4v) is 18.2. The van der Waals surface area contributed by atoms with Crippen LogP contribution in [0.25, 0.3) is 40.4 Å². The normalized spacial score (nSPS) is 16.3. The Bertz CT molecular complexity index is 3020. The maximum atomic E-state index is 5.33. The van der Waals surface area contributed by atoms with Crippen LogP contribution in [-0.2, 0) is 18.3 Å². The summed E-state index contributed by atoms with van der Waals surface area (Å²) in [7, 11) is 1.96. The minimum absolute atomic E-state index is 0.0489. The van der Waals surface area contributed by atoms with Gasteiger partial charge in [-0.15, -0.1) is 68.0 Å². The highest BCUT2D eigenvalue weighted by Gasteiger charge is 2.46. The lowest BCUT2D eigenvalue weighted by atomic mass is 9.71. The van der Waals surface area contributed by atoms with Crippen LogP contribution in [0.3, 0.4) is 0 Å². The van der Waals surface area contributed by atoms with Crippen molar-refractivity contribution in [1.29, 1.82) is 0 Å². The summed E-state index contributed by atoms with van der Waals surface area (Å²) in [5, 5.41) is 0. The van der Waals surface area contributed by atoms with Crippen LogP contribution in [0.1, 0.15) is 190 Å². The van der Waals surface area contributed by atoms with E-state index in [1.54, 1.807) is 0 Å². The maximum absolute atomic E-state index is 5.33. The molecule has 6 aromatic heterocycles.